The molecule has 37 heavy (non-hydrogen) atoms. The molecule has 0 saturated heterocycles. The summed E-state index contributed by atoms with van der Waals surface area (Å²) in [6.45, 7) is 5.11. The second-order valence-electron chi connectivity index (χ2n) is 8.85. The van der Waals surface area contributed by atoms with Gasteiger partial charge >= 0.3 is 0 Å². The molecule has 3 rings (SSSR count). The number of hydrogen-bond acceptors (Lipinski definition) is 7. The van der Waals surface area contributed by atoms with E-state index in [1.165, 1.54) is 30.3 Å². The lowest BCUT2D eigenvalue weighted by molar-refractivity contribution is 0.0284. The molecule has 0 aliphatic carbocycles. The van der Waals surface area contributed by atoms with E-state index >= 15 is 4.39 Å². The number of halogens is 3. The standard InChI is InChI=1S/C27H24Cl2FN3O4/c1-15-8-19(35-14-27(2,3)34)5-6-21(15)26(33)37-23(32)11-17-4-7-22(29)25(24(17)30)36-20-10-16(13-31)9-18(28)12-20/h4-10,12,32-34H,11,14H2,1-3H3. The third kappa shape index (κ3) is 7.67. The molecule has 0 radical (unpaired) electrons. The molecule has 3 N–H and O–H groups in total. The first kappa shape index (κ1) is 27.9. The number of nitriles is 1. The second kappa shape index (κ2) is 11.6. The third-order valence-electron chi connectivity index (χ3n) is 4.96. The van der Waals surface area contributed by atoms with Crippen LogP contribution < -0.4 is 9.47 Å². The Hall–Kier alpha value is -3.64. The molecule has 0 aliphatic heterocycles. The Morgan fingerprint density at radius 2 is 1.81 bits per heavy atom. The lowest BCUT2D eigenvalue weighted by Crippen LogP contribution is -2.27. The monoisotopic (exact) mass is 543 g/mol. The topological polar surface area (TPSA) is 119 Å². The summed E-state index contributed by atoms with van der Waals surface area (Å²) in [4.78, 5) is 0. The molecule has 0 unspecified atom stereocenters. The fraction of sp³-hybridized carbons (Fsp3) is 0.222. The predicted octanol–water partition coefficient (Wildman–Crippen LogP) is 6.82. The maximum Gasteiger partial charge on any atom is 0.221 e. The van der Waals surface area contributed by atoms with E-state index in [2.05, 4.69) is 0 Å². The SMILES string of the molecule is Cc1cc(OCC(C)(C)O)ccc1C(=N)OC(=N)Cc1ccc(Cl)c(Oc2cc(Cl)cc(C#N)c2)c1F. The number of hydrogen-bond donors (Lipinski definition) is 3. The molecule has 10 heteroatoms. The van der Waals surface area contributed by atoms with E-state index in [0.717, 1.165) is 0 Å². The van der Waals surface area contributed by atoms with Crippen LogP contribution in [-0.2, 0) is 11.2 Å². The third-order valence-corrected chi connectivity index (χ3v) is 5.48. The summed E-state index contributed by atoms with van der Waals surface area (Å²) in [5.74, 6) is -1.11. The van der Waals surface area contributed by atoms with Gasteiger partial charge in [0.25, 0.3) is 0 Å². The van der Waals surface area contributed by atoms with Crippen molar-refractivity contribution in [2.45, 2.75) is 32.8 Å². The maximum absolute atomic E-state index is 15.2. The molecule has 0 aromatic heterocycles. The zero-order valence-corrected chi connectivity index (χ0v) is 21.8. The average molecular weight is 544 g/mol. The summed E-state index contributed by atoms with van der Waals surface area (Å²) in [6, 6.07) is 13.9. The molecule has 7 nitrogen and oxygen atoms in total. The molecule has 0 heterocycles. The van der Waals surface area contributed by atoms with Gasteiger partial charge in [-0.2, -0.15) is 5.26 Å². The molecule has 0 fully saturated rings. The van der Waals surface area contributed by atoms with Crippen LogP contribution in [0.1, 0.15) is 36.1 Å². The minimum atomic E-state index is -0.993. The van der Waals surface area contributed by atoms with Gasteiger partial charge in [-0.05, 0) is 68.8 Å². The highest BCUT2D eigenvalue weighted by atomic mass is 35.5. The summed E-state index contributed by atoms with van der Waals surface area (Å²) in [6.07, 6.45) is -0.271. The molecule has 0 bridgehead atoms. The Balaban J connectivity index is 1.71. The van der Waals surface area contributed by atoms with Crippen LogP contribution in [0.15, 0.2) is 48.5 Å². The van der Waals surface area contributed by atoms with Crippen molar-refractivity contribution in [2.75, 3.05) is 6.61 Å². The highest BCUT2D eigenvalue weighted by molar-refractivity contribution is 6.32. The largest absolute Gasteiger partial charge is 0.491 e. The number of nitrogens with one attached hydrogen (secondary N) is 2. The smallest absolute Gasteiger partial charge is 0.221 e. The molecule has 0 saturated carbocycles. The van der Waals surface area contributed by atoms with Crippen LogP contribution in [0.25, 0.3) is 0 Å². The number of rotatable bonds is 8. The first-order valence-corrected chi connectivity index (χ1v) is 11.8. The summed E-state index contributed by atoms with van der Waals surface area (Å²) >= 11 is 12.1. The van der Waals surface area contributed by atoms with Crippen LogP contribution in [-0.4, -0.2) is 29.1 Å². The molecule has 3 aromatic carbocycles. The minimum absolute atomic E-state index is 0.0116. The van der Waals surface area contributed by atoms with Crippen molar-refractivity contribution in [3.63, 3.8) is 0 Å². The van der Waals surface area contributed by atoms with Crippen LogP contribution in [0.4, 0.5) is 4.39 Å². The number of benzene rings is 3. The summed E-state index contributed by atoms with van der Waals surface area (Å²) in [5, 5.41) is 35.6. The van der Waals surface area contributed by atoms with Gasteiger partial charge in [-0.15, -0.1) is 0 Å². The van der Waals surface area contributed by atoms with Gasteiger partial charge < -0.3 is 19.3 Å². The first-order chi connectivity index (χ1) is 17.4. The van der Waals surface area contributed by atoms with E-state index < -0.39 is 11.4 Å². The van der Waals surface area contributed by atoms with Gasteiger partial charge in [-0.1, -0.05) is 29.3 Å². The van der Waals surface area contributed by atoms with Crippen molar-refractivity contribution >= 4 is 35.0 Å². The van der Waals surface area contributed by atoms with Crippen molar-refractivity contribution in [1.82, 2.24) is 0 Å². The van der Waals surface area contributed by atoms with Gasteiger partial charge in [-0.25, -0.2) is 4.39 Å². The average Bonchev–Trinajstić information content (AvgIpc) is 2.81. The molecule has 192 valence electrons. The Morgan fingerprint density at radius 1 is 1.08 bits per heavy atom. The molecule has 0 aliphatic rings. The van der Waals surface area contributed by atoms with Gasteiger partial charge in [0.15, 0.2) is 17.5 Å². The summed E-state index contributed by atoms with van der Waals surface area (Å²) in [7, 11) is 0. The van der Waals surface area contributed by atoms with Crippen LogP contribution in [0.5, 0.6) is 17.2 Å². The molecule has 3 aromatic rings. The maximum atomic E-state index is 15.2. The summed E-state index contributed by atoms with van der Waals surface area (Å²) in [5.41, 5.74) is 0.392. The van der Waals surface area contributed by atoms with E-state index in [-0.39, 0.29) is 57.5 Å². The van der Waals surface area contributed by atoms with Crippen molar-refractivity contribution < 1.29 is 23.7 Å². The van der Waals surface area contributed by atoms with E-state index in [4.69, 9.17) is 53.5 Å². The van der Waals surface area contributed by atoms with Gasteiger partial charge in [0.1, 0.15) is 18.1 Å². The first-order valence-electron chi connectivity index (χ1n) is 11.0. The Labute approximate surface area is 224 Å². The van der Waals surface area contributed by atoms with Crippen LogP contribution in [0.2, 0.25) is 10.0 Å². The molecular weight excluding hydrogens is 520 g/mol. The normalized spacial score (nSPS) is 11.0. The molecule has 0 atom stereocenters. The zero-order valence-electron chi connectivity index (χ0n) is 20.3. The van der Waals surface area contributed by atoms with E-state index in [1.54, 1.807) is 39.0 Å². The van der Waals surface area contributed by atoms with Gasteiger partial charge in [-0.3, -0.25) is 10.8 Å². The summed E-state index contributed by atoms with van der Waals surface area (Å²) < 4.78 is 31.7. The number of aliphatic hydroxyl groups is 1. The lowest BCUT2D eigenvalue weighted by Gasteiger charge is -2.18. The molecule has 0 amide bonds. The Morgan fingerprint density at radius 3 is 2.46 bits per heavy atom. The fourth-order valence-electron chi connectivity index (χ4n) is 3.24. The number of aryl methyl sites for hydroxylation is 1. The quantitative estimate of drug-likeness (QED) is 0.213. The fourth-order valence-corrected chi connectivity index (χ4v) is 3.64. The van der Waals surface area contributed by atoms with Crippen molar-refractivity contribution in [3.05, 3.63) is 86.6 Å². The van der Waals surface area contributed by atoms with E-state index in [0.29, 0.717) is 16.9 Å². The van der Waals surface area contributed by atoms with Gasteiger partial charge in [0, 0.05) is 16.1 Å². The van der Waals surface area contributed by atoms with Gasteiger partial charge in [0.05, 0.1) is 28.7 Å². The van der Waals surface area contributed by atoms with E-state index in [1.807, 2.05) is 6.07 Å². The Kier molecular flexibility index (Phi) is 8.77. The Bertz CT molecular complexity index is 1400. The highest BCUT2D eigenvalue weighted by Crippen LogP contribution is 2.35. The predicted molar refractivity (Wildman–Crippen MR) is 140 cm³/mol. The molecular formula is C27H24Cl2FN3O4. The number of nitrogens with zero attached hydrogens (tertiary/aromatic N) is 1. The van der Waals surface area contributed by atoms with Crippen molar-refractivity contribution in [1.29, 1.82) is 16.1 Å². The second-order valence-corrected chi connectivity index (χ2v) is 9.69. The molecule has 0 spiro atoms. The zero-order chi connectivity index (χ0) is 27.3. The van der Waals surface area contributed by atoms with Crippen LogP contribution >= 0.6 is 23.2 Å². The van der Waals surface area contributed by atoms with E-state index in [9.17, 15) is 5.11 Å². The van der Waals surface area contributed by atoms with Crippen LogP contribution in [0, 0.1) is 34.9 Å². The number of ether oxygens (including phenoxy) is 3. The van der Waals surface area contributed by atoms with Crippen LogP contribution in [0.3, 0.4) is 0 Å². The van der Waals surface area contributed by atoms with Crippen molar-refractivity contribution in [2.24, 2.45) is 0 Å². The highest BCUT2D eigenvalue weighted by Gasteiger charge is 2.19. The minimum Gasteiger partial charge on any atom is -0.491 e. The lowest BCUT2D eigenvalue weighted by atomic mass is 10.1. The van der Waals surface area contributed by atoms with Gasteiger partial charge in [0.2, 0.25) is 5.90 Å². The van der Waals surface area contributed by atoms with Crippen molar-refractivity contribution in [3.8, 4) is 23.3 Å².